The zero-order chi connectivity index (χ0) is 44.2. The second kappa shape index (κ2) is 30.3. The Hall–Kier alpha value is -4.76. The molecule has 59 heavy (non-hydrogen) atoms. The van der Waals surface area contributed by atoms with Crippen molar-refractivity contribution in [1.29, 1.82) is 0 Å². The van der Waals surface area contributed by atoms with Gasteiger partial charge in [0, 0.05) is 48.9 Å². The van der Waals surface area contributed by atoms with Crippen LogP contribution in [0.5, 0.6) is 11.5 Å². The molecule has 2 N–H and O–H groups in total. The van der Waals surface area contributed by atoms with E-state index in [0.717, 1.165) is 66.8 Å². The van der Waals surface area contributed by atoms with Crippen molar-refractivity contribution in [2.45, 2.75) is 128 Å². The predicted molar refractivity (Wildman–Crippen MR) is 251 cm³/mol. The fourth-order valence-electron chi connectivity index (χ4n) is 5.52. The molecule has 0 bridgehead atoms. The van der Waals surface area contributed by atoms with E-state index in [1.54, 1.807) is 41.7 Å². The number of aliphatic imine (C=N–C) groups is 1. The molecule has 8 nitrogen and oxygen atoms in total. The summed E-state index contributed by atoms with van der Waals surface area (Å²) in [6, 6.07) is 8.99. The Kier molecular flexibility index (Phi) is 26.8. The Morgan fingerprint density at radius 2 is 1.64 bits per heavy atom. The quantitative estimate of drug-likeness (QED) is 0.0786. The van der Waals surface area contributed by atoms with Gasteiger partial charge in [-0.1, -0.05) is 111 Å². The molecule has 0 aromatic heterocycles. The maximum atomic E-state index is 15.4. The third-order valence-corrected chi connectivity index (χ3v) is 9.67. The van der Waals surface area contributed by atoms with Crippen LogP contribution in [-0.4, -0.2) is 43.0 Å². The summed E-state index contributed by atoms with van der Waals surface area (Å²) in [5, 5.41) is 12.3. The molecule has 0 saturated carbocycles. The van der Waals surface area contributed by atoms with Crippen molar-refractivity contribution in [1.82, 2.24) is 10.3 Å². The second-order valence-electron chi connectivity index (χ2n) is 15.1. The number of rotatable bonds is 20. The van der Waals surface area contributed by atoms with E-state index in [1.807, 2.05) is 72.2 Å². The Morgan fingerprint density at radius 1 is 0.932 bits per heavy atom. The van der Waals surface area contributed by atoms with Crippen LogP contribution in [0.2, 0.25) is 0 Å². The Labute approximate surface area is 357 Å². The number of unbranched alkanes of at least 4 members (excludes halogenated alkanes) is 2. The predicted octanol–water partition coefficient (Wildman–Crippen LogP) is 13.3. The first-order valence-corrected chi connectivity index (χ1v) is 21.7. The number of hydrogen-bond acceptors (Lipinski definition) is 7. The number of hydrogen-bond donors (Lipinski definition) is 2. The summed E-state index contributed by atoms with van der Waals surface area (Å²) in [6.07, 6.45) is 24.1. The summed E-state index contributed by atoms with van der Waals surface area (Å²) in [5.41, 5.74) is 4.31. The molecular weight excluding hydrogens is 738 g/mol. The van der Waals surface area contributed by atoms with E-state index in [1.165, 1.54) is 18.9 Å². The molecular formula is C50H76FN5O3. The fraction of sp³-hybridized carbons (Fsp3) is 0.500. The maximum absolute atomic E-state index is 15.4. The molecule has 0 fully saturated rings. The van der Waals surface area contributed by atoms with Crippen LogP contribution in [-0.2, 0) is 4.79 Å². The topological polar surface area (TPSA) is 87.6 Å². The highest BCUT2D eigenvalue weighted by Crippen LogP contribution is 2.31. The molecule has 9 heteroatoms. The van der Waals surface area contributed by atoms with Crippen LogP contribution in [0, 0.1) is 37.4 Å². The Balaban J connectivity index is 0.000000982. The van der Waals surface area contributed by atoms with Crippen LogP contribution in [0.3, 0.4) is 0 Å². The molecule has 0 spiro atoms. The average Bonchev–Trinajstić information content (AvgIpc) is 3.23. The SMILES string of the molecule is C/C=N\N1C=CC(Oc2ccc(NC(=N/C=C/CCC)c3c(C)ccc(C)c3OCC(C)CC(C)CC)cc2F)=C/C1=C\C.CCC(C)C(=O)/C=C/CNC.CCCC. The van der Waals surface area contributed by atoms with Crippen molar-refractivity contribution in [2.75, 3.05) is 25.5 Å². The maximum Gasteiger partial charge on any atom is 0.167 e. The standard InChI is InChI=1S/C37H49FN4O2.C9H17NO.C4H10/c1-9-13-14-20-39-37(35-28(7)15-16-29(8)36(35)43-25-27(6)22-26(5)10-2)41-30-17-18-34(33(38)23-30)44-32-19-21-42(40-12-4)31(11-3)24-32;1-4-8(2)9(11)6-5-7-10-3;1-3-4-2/h11-12,14-21,23-24,26-27H,9-10,13,22,25H2,1-8H3,(H,39,41);5-6,8,10H,4,7H2,1-3H3;3-4H2,1-2H3/b20-14+,31-11+,40-12-;6-5+;. The number of hydrazone groups is 1. The van der Waals surface area contributed by atoms with Gasteiger partial charge in [0.25, 0.3) is 0 Å². The highest BCUT2D eigenvalue weighted by atomic mass is 19.1. The number of carbonyl (C=O) groups is 1. The number of nitrogens with zero attached hydrogens (tertiary/aromatic N) is 3. The molecule has 1 aliphatic heterocycles. The lowest BCUT2D eigenvalue weighted by atomic mass is 9.96. The number of carbonyl (C=O) groups excluding carboxylic acids is 1. The number of anilines is 1. The van der Waals surface area contributed by atoms with Crippen LogP contribution in [0.15, 0.2) is 101 Å². The number of ketones is 1. The van der Waals surface area contributed by atoms with E-state index in [0.29, 0.717) is 35.7 Å². The number of ether oxygens (including phenoxy) is 2. The third-order valence-electron chi connectivity index (χ3n) is 9.67. The molecule has 0 aliphatic carbocycles. The number of amidine groups is 1. The van der Waals surface area contributed by atoms with E-state index >= 15 is 4.39 Å². The summed E-state index contributed by atoms with van der Waals surface area (Å²) in [7, 11) is 1.86. The molecule has 0 amide bonds. The molecule has 326 valence electrons. The number of aryl methyl sites for hydroxylation is 2. The molecule has 1 heterocycles. The van der Waals surface area contributed by atoms with Crippen molar-refractivity contribution >= 4 is 23.5 Å². The minimum absolute atomic E-state index is 0.127. The van der Waals surface area contributed by atoms with Gasteiger partial charge in [0.05, 0.1) is 17.9 Å². The van der Waals surface area contributed by atoms with Crippen LogP contribution in [0.25, 0.3) is 0 Å². The molecule has 1 aliphatic rings. The normalized spacial score (nSPS) is 15.1. The van der Waals surface area contributed by atoms with Crippen LogP contribution in [0.1, 0.15) is 131 Å². The fourth-order valence-corrected chi connectivity index (χ4v) is 5.52. The summed E-state index contributed by atoms with van der Waals surface area (Å²) >= 11 is 0. The van der Waals surface area contributed by atoms with E-state index in [2.05, 4.69) is 76.3 Å². The minimum Gasteiger partial charge on any atom is -0.492 e. The van der Waals surface area contributed by atoms with Crippen molar-refractivity contribution in [3.8, 4) is 11.5 Å². The highest BCUT2D eigenvalue weighted by Gasteiger charge is 2.19. The van der Waals surface area contributed by atoms with Gasteiger partial charge in [-0.3, -0.25) is 4.79 Å². The summed E-state index contributed by atoms with van der Waals surface area (Å²) < 4.78 is 27.8. The minimum atomic E-state index is -0.488. The molecule has 0 radical (unpaired) electrons. The lowest BCUT2D eigenvalue weighted by molar-refractivity contribution is -0.117. The monoisotopic (exact) mass is 814 g/mol. The van der Waals surface area contributed by atoms with Crippen molar-refractivity contribution in [2.24, 2.45) is 27.8 Å². The number of allylic oxidation sites excluding steroid dienone is 5. The lowest BCUT2D eigenvalue weighted by Gasteiger charge is -2.22. The molecule has 3 unspecified atom stereocenters. The molecule has 0 saturated heterocycles. The average molecular weight is 814 g/mol. The van der Waals surface area contributed by atoms with E-state index < -0.39 is 5.82 Å². The van der Waals surface area contributed by atoms with E-state index in [-0.39, 0.29) is 17.5 Å². The van der Waals surface area contributed by atoms with Crippen LogP contribution in [0.4, 0.5) is 10.1 Å². The van der Waals surface area contributed by atoms with Crippen LogP contribution < -0.4 is 20.1 Å². The summed E-state index contributed by atoms with van der Waals surface area (Å²) in [4.78, 5) is 15.9. The Bertz CT molecular complexity index is 1750. The first kappa shape index (κ1) is 52.3. The number of likely N-dealkylation sites (N-methyl/N-ethyl adjacent to an activating group) is 1. The van der Waals surface area contributed by atoms with Gasteiger partial charge in [-0.05, 0) is 101 Å². The highest BCUT2D eigenvalue weighted by molar-refractivity contribution is 6.11. The molecule has 2 aromatic carbocycles. The van der Waals surface area contributed by atoms with Crippen molar-refractivity contribution in [3.63, 3.8) is 0 Å². The van der Waals surface area contributed by atoms with Crippen molar-refractivity contribution in [3.05, 3.63) is 113 Å². The number of benzene rings is 2. The zero-order valence-corrected chi connectivity index (χ0v) is 38.6. The first-order chi connectivity index (χ1) is 28.3. The first-order valence-electron chi connectivity index (χ1n) is 21.7. The number of nitrogens with one attached hydrogen (secondary N) is 2. The van der Waals surface area contributed by atoms with Gasteiger partial charge in [0.1, 0.15) is 17.3 Å². The van der Waals surface area contributed by atoms with Gasteiger partial charge in [0.15, 0.2) is 17.3 Å². The van der Waals surface area contributed by atoms with Gasteiger partial charge < -0.3 is 20.1 Å². The van der Waals surface area contributed by atoms with Crippen LogP contribution >= 0.6 is 0 Å². The molecule has 2 aromatic rings. The summed E-state index contributed by atoms with van der Waals surface area (Å²) in [5.74, 6) is 3.01. The van der Waals surface area contributed by atoms with Gasteiger partial charge in [0.2, 0.25) is 0 Å². The largest absolute Gasteiger partial charge is 0.492 e. The lowest BCUT2D eigenvalue weighted by Crippen LogP contribution is -2.19. The molecule has 3 atom stereocenters. The van der Waals surface area contributed by atoms with E-state index in [4.69, 9.17) is 14.5 Å². The number of halogens is 1. The Morgan fingerprint density at radius 3 is 2.24 bits per heavy atom. The molecule has 3 rings (SSSR count). The summed E-state index contributed by atoms with van der Waals surface area (Å²) in [6.45, 7) is 26.4. The van der Waals surface area contributed by atoms with Gasteiger partial charge in [-0.2, -0.15) is 5.10 Å². The zero-order valence-electron chi connectivity index (χ0n) is 38.6. The van der Waals surface area contributed by atoms with E-state index in [9.17, 15) is 4.79 Å². The van der Waals surface area contributed by atoms with Crippen molar-refractivity contribution < 1.29 is 18.7 Å². The van der Waals surface area contributed by atoms with Gasteiger partial charge >= 0.3 is 0 Å². The van der Waals surface area contributed by atoms with Gasteiger partial charge in [-0.15, -0.1) is 0 Å². The van der Waals surface area contributed by atoms with Gasteiger partial charge in [-0.25, -0.2) is 14.4 Å². The second-order valence-corrected chi connectivity index (χ2v) is 15.1. The third kappa shape index (κ3) is 19.7. The smallest absolute Gasteiger partial charge is 0.167 e.